The van der Waals surface area contributed by atoms with Gasteiger partial charge in [0, 0.05) is 18.9 Å². The molecule has 25 heavy (non-hydrogen) atoms. The van der Waals surface area contributed by atoms with Gasteiger partial charge in [0.15, 0.2) is 6.29 Å². The molecule has 1 aromatic carbocycles. The summed E-state index contributed by atoms with van der Waals surface area (Å²) in [5.74, 6) is 0.418. The number of nitrogens with one attached hydrogen (secondary N) is 1. The number of amides is 1. The van der Waals surface area contributed by atoms with Crippen molar-refractivity contribution in [3.05, 3.63) is 53.2 Å². The van der Waals surface area contributed by atoms with Gasteiger partial charge in [0.05, 0.1) is 25.3 Å². The smallest absolute Gasteiger partial charge is 0.257 e. The van der Waals surface area contributed by atoms with Crippen molar-refractivity contribution in [2.75, 3.05) is 32.1 Å². The molecule has 2 aromatic rings. The third-order valence-electron chi connectivity index (χ3n) is 4.36. The lowest BCUT2D eigenvalue weighted by atomic mass is 10.1. The zero-order valence-corrected chi connectivity index (χ0v) is 14.8. The normalized spacial score (nSPS) is 14.5. The minimum Gasteiger partial charge on any atom is -0.348 e. The Morgan fingerprint density at radius 1 is 1.24 bits per heavy atom. The summed E-state index contributed by atoms with van der Waals surface area (Å²) in [6.07, 6.45) is 1.31. The van der Waals surface area contributed by atoms with Crippen LogP contribution in [0.3, 0.4) is 0 Å². The van der Waals surface area contributed by atoms with Gasteiger partial charge in [-0.15, -0.1) is 0 Å². The second-order valence-electron chi connectivity index (χ2n) is 6.13. The zero-order chi connectivity index (χ0) is 17.8. The number of aryl methyl sites for hydroxylation is 1. The van der Waals surface area contributed by atoms with E-state index in [-0.39, 0.29) is 12.2 Å². The fourth-order valence-corrected chi connectivity index (χ4v) is 2.72. The number of rotatable bonds is 5. The van der Waals surface area contributed by atoms with Gasteiger partial charge in [-0.25, -0.2) is 4.98 Å². The fraction of sp³-hybridized carbons (Fsp3) is 0.368. The fourth-order valence-electron chi connectivity index (χ4n) is 2.72. The van der Waals surface area contributed by atoms with Crippen LogP contribution in [-0.4, -0.2) is 48.9 Å². The van der Waals surface area contributed by atoms with Gasteiger partial charge < -0.3 is 19.7 Å². The summed E-state index contributed by atoms with van der Waals surface area (Å²) >= 11 is 0. The highest BCUT2D eigenvalue weighted by Gasteiger charge is 2.23. The van der Waals surface area contributed by atoms with Crippen molar-refractivity contribution in [2.24, 2.45) is 0 Å². The van der Waals surface area contributed by atoms with E-state index in [9.17, 15) is 4.79 Å². The lowest BCUT2D eigenvalue weighted by Gasteiger charge is -2.21. The highest BCUT2D eigenvalue weighted by molar-refractivity contribution is 5.99. The Hall–Kier alpha value is -2.44. The molecule has 132 valence electrons. The Morgan fingerprint density at radius 3 is 2.76 bits per heavy atom. The molecule has 0 atom stereocenters. The molecule has 0 saturated carbocycles. The number of hydrogen-bond acceptors (Lipinski definition) is 5. The van der Waals surface area contributed by atoms with Crippen LogP contribution in [-0.2, 0) is 9.47 Å². The van der Waals surface area contributed by atoms with Crippen LogP contribution in [0.4, 0.5) is 11.5 Å². The van der Waals surface area contributed by atoms with Gasteiger partial charge in [0.2, 0.25) is 0 Å². The third kappa shape index (κ3) is 3.97. The molecule has 1 saturated heterocycles. The van der Waals surface area contributed by atoms with Crippen LogP contribution in [0.2, 0.25) is 0 Å². The maximum Gasteiger partial charge on any atom is 0.257 e. The first-order valence-corrected chi connectivity index (χ1v) is 8.33. The van der Waals surface area contributed by atoms with E-state index in [0.717, 1.165) is 11.3 Å². The van der Waals surface area contributed by atoms with Crippen molar-refractivity contribution in [1.82, 2.24) is 9.88 Å². The van der Waals surface area contributed by atoms with Crippen LogP contribution < -0.4 is 5.32 Å². The molecule has 1 fully saturated rings. The summed E-state index contributed by atoms with van der Waals surface area (Å²) in [7, 11) is 1.74. The van der Waals surface area contributed by atoms with Crippen molar-refractivity contribution >= 4 is 17.4 Å². The van der Waals surface area contributed by atoms with Gasteiger partial charge in [-0.3, -0.25) is 4.79 Å². The molecule has 1 amide bonds. The van der Waals surface area contributed by atoms with E-state index in [4.69, 9.17) is 9.47 Å². The molecule has 6 nitrogen and oxygen atoms in total. The molecule has 1 aromatic heterocycles. The number of ether oxygens (including phenoxy) is 2. The lowest BCUT2D eigenvalue weighted by molar-refractivity contribution is -0.0543. The minimum absolute atomic E-state index is 0.125. The van der Waals surface area contributed by atoms with Crippen LogP contribution in [0.1, 0.15) is 21.5 Å². The quantitative estimate of drug-likeness (QED) is 0.906. The molecule has 1 aliphatic heterocycles. The molecular weight excluding hydrogens is 318 g/mol. The van der Waals surface area contributed by atoms with Crippen molar-refractivity contribution in [3.8, 4) is 0 Å². The van der Waals surface area contributed by atoms with Crippen molar-refractivity contribution in [2.45, 2.75) is 20.1 Å². The third-order valence-corrected chi connectivity index (χ3v) is 4.36. The second-order valence-corrected chi connectivity index (χ2v) is 6.13. The van der Waals surface area contributed by atoms with Crippen LogP contribution >= 0.6 is 0 Å². The van der Waals surface area contributed by atoms with E-state index in [2.05, 4.69) is 23.3 Å². The number of anilines is 2. The van der Waals surface area contributed by atoms with Gasteiger partial charge in [-0.1, -0.05) is 12.1 Å². The number of aromatic nitrogens is 1. The molecule has 1 aliphatic rings. The van der Waals surface area contributed by atoms with Crippen molar-refractivity contribution in [1.29, 1.82) is 0 Å². The highest BCUT2D eigenvalue weighted by Crippen LogP contribution is 2.24. The molecule has 6 heteroatoms. The SMILES string of the molecule is Cc1cccc(Nc2ncccc2C(=O)N(C)CC2OCCO2)c1C. The summed E-state index contributed by atoms with van der Waals surface area (Å²) in [6.45, 7) is 5.62. The summed E-state index contributed by atoms with van der Waals surface area (Å²) in [5, 5.41) is 3.29. The van der Waals surface area contributed by atoms with E-state index in [1.165, 1.54) is 5.56 Å². The highest BCUT2D eigenvalue weighted by atomic mass is 16.7. The second kappa shape index (κ2) is 7.63. The predicted molar refractivity (Wildman–Crippen MR) is 96.1 cm³/mol. The van der Waals surface area contributed by atoms with E-state index in [0.29, 0.717) is 31.1 Å². The average molecular weight is 341 g/mol. The number of carbonyl (C=O) groups is 1. The Kier molecular flexibility index (Phi) is 5.31. The van der Waals surface area contributed by atoms with Crippen molar-refractivity contribution < 1.29 is 14.3 Å². The minimum atomic E-state index is -0.360. The van der Waals surface area contributed by atoms with Crippen LogP contribution in [0, 0.1) is 13.8 Å². The summed E-state index contributed by atoms with van der Waals surface area (Å²) < 4.78 is 10.8. The molecule has 2 heterocycles. The Balaban J connectivity index is 1.80. The molecule has 0 aliphatic carbocycles. The average Bonchev–Trinajstić information content (AvgIpc) is 3.12. The van der Waals surface area contributed by atoms with Gasteiger partial charge in [0.1, 0.15) is 5.82 Å². The molecular formula is C19H23N3O3. The van der Waals surface area contributed by atoms with Crippen LogP contribution in [0.5, 0.6) is 0 Å². The van der Waals surface area contributed by atoms with E-state index < -0.39 is 0 Å². The number of likely N-dealkylation sites (N-methyl/N-ethyl adjacent to an activating group) is 1. The first kappa shape index (κ1) is 17.4. The Bertz CT molecular complexity index is 757. The number of hydrogen-bond donors (Lipinski definition) is 1. The topological polar surface area (TPSA) is 63.7 Å². The first-order valence-electron chi connectivity index (χ1n) is 8.33. The number of nitrogens with zero attached hydrogens (tertiary/aromatic N) is 2. The van der Waals surface area contributed by atoms with Gasteiger partial charge >= 0.3 is 0 Å². The monoisotopic (exact) mass is 341 g/mol. The molecule has 0 spiro atoms. The zero-order valence-electron chi connectivity index (χ0n) is 14.8. The molecule has 0 bridgehead atoms. The van der Waals surface area contributed by atoms with E-state index in [1.54, 1.807) is 30.3 Å². The Labute approximate surface area is 147 Å². The van der Waals surface area contributed by atoms with Crippen LogP contribution in [0.15, 0.2) is 36.5 Å². The number of carbonyl (C=O) groups excluding carboxylic acids is 1. The molecule has 0 radical (unpaired) electrons. The predicted octanol–water partition coefficient (Wildman–Crippen LogP) is 2.89. The lowest BCUT2D eigenvalue weighted by Crippen LogP contribution is -2.35. The standard InChI is InChI=1S/C19H23N3O3/c1-13-6-4-8-16(14(13)2)21-18-15(7-5-9-20-18)19(23)22(3)12-17-24-10-11-25-17/h4-9,17H,10-12H2,1-3H3,(H,20,21). The van der Waals surface area contributed by atoms with Crippen molar-refractivity contribution in [3.63, 3.8) is 0 Å². The van der Waals surface area contributed by atoms with E-state index in [1.807, 2.05) is 19.1 Å². The van der Waals surface area contributed by atoms with Gasteiger partial charge in [-0.05, 0) is 43.2 Å². The molecule has 0 unspecified atom stereocenters. The van der Waals surface area contributed by atoms with E-state index >= 15 is 0 Å². The van der Waals surface area contributed by atoms with Crippen LogP contribution in [0.25, 0.3) is 0 Å². The maximum absolute atomic E-state index is 12.8. The summed E-state index contributed by atoms with van der Waals surface area (Å²) in [4.78, 5) is 18.8. The maximum atomic E-state index is 12.8. The number of benzene rings is 1. The Morgan fingerprint density at radius 2 is 2.00 bits per heavy atom. The first-order chi connectivity index (χ1) is 12.1. The van der Waals surface area contributed by atoms with Gasteiger partial charge in [0.25, 0.3) is 5.91 Å². The molecule has 1 N–H and O–H groups in total. The summed E-state index contributed by atoms with van der Waals surface area (Å²) in [6, 6.07) is 9.55. The molecule has 3 rings (SSSR count). The van der Waals surface area contributed by atoms with Gasteiger partial charge in [-0.2, -0.15) is 0 Å². The summed E-state index contributed by atoms with van der Waals surface area (Å²) in [5.41, 5.74) is 3.77. The largest absolute Gasteiger partial charge is 0.348 e. The number of pyridine rings is 1.